The number of aromatic amines is 1. The van der Waals surface area contributed by atoms with Crippen molar-refractivity contribution in [3.8, 4) is 5.69 Å². The highest BCUT2D eigenvalue weighted by molar-refractivity contribution is 5.95. The molecule has 2 aromatic heterocycles. The number of hydrogen-bond acceptors (Lipinski definition) is 2. The summed E-state index contributed by atoms with van der Waals surface area (Å²) in [5.41, 5.74) is 3.04. The Morgan fingerprint density at radius 1 is 1.11 bits per heavy atom. The van der Waals surface area contributed by atoms with E-state index in [1.807, 2.05) is 58.3 Å². The third-order valence-electron chi connectivity index (χ3n) is 5.31. The van der Waals surface area contributed by atoms with E-state index in [1.165, 1.54) is 12.1 Å². The Labute approximate surface area is 161 Å². The summed E-state index contributed by atoms with van der Waals surface area (Å²) in [6.07, 6.45) is 5.70. The Kier molecular flexibility index (Phi) is 3.97. The molecule has 0 bridgehead atoms. The molecule has 4 aromatic rings. The Bertz CT molecular complexity index is 1130. The van der Waals surface area contributed by atoms with E-state index in [9.17, 15) is 9.18 Å². The van der Waals surface area contributed by atoms with E-state index >= 15 is 0 Å². The van der Waals surface area contributed by atoms with Gasteiger partial charge in [-0.2, -0.15) is 0 Å². The van der Waals surface area contributed by atoms with Crippen molar-refractivity contribution in [1.82, 2.24) is 19.4 Å². The molecule has 140 valence electrons. The number of nitrogens with zero attached hydrogens (tertiary/aromatic N) is 3. The van der Waals surface area contributed by atoms with Gasteiger partial charge in [-0.05, 0) is 67.4 Å². The van der Waals surface area contributed by atoms with Gasteiger partial charge in [0.1, 0.15) is 11.6 Å². The summed E-state index contributed by atoms with van der Waals surface area (Å²) in [7, 11) is 0. The van der Waals surface area contributed by atoms with Gasteiger partial charge in [-0.15, -0.1) is 0 Å². The molecule has 6 heteroatoms. The average molecular weight is 374 g/mol. The van der Waals surface area contributed by atoms with Crippen molar-refractivity contribution in [2.75, 3.05) is 6.54 Å². The standard InChI is InChI=1S/C22H19FN4O/c23-16-7-10-18-19(14-16)25-21(24-18)20-4-3-13-27(20)22(28)15-5-8-17(9-6-15)26-11-1-2-12-26/h1-2,5-12,14,20H,3-4,13H2,(H,24,25). The van der Waals surface area contributed by atoms with Gasteiger partial charge in [0.2, 0.25) is 0 Å². The van der Waals surface area contributed by atoms with Crippen LogP contribution in [0.15, 0.2) is 67.0 Å². The van der Waals surface area contributed by atoms with Crippen LogP contribution in [0.1, 0.15) is 35.1 Å². The first-order valence-corrected chi connectivity index (χ1v) is 9.38. The topological polar surface area (TPSA) is 53.9 Å². The van der Waals surface area contributed by atoms with Crippen LogP contribution in [-0.4, -0.2) is 31.9 Å². The predicted octanol–water partition coefficient (Wildman–Crippen LogP) is 4.47. The van der Waals surface area contributed by atoms with Crippen LogP contribution in [0.25, 0.3) is 16.7 Å². The lowest BCUT2D eigenvalue weighted by molar-refractivity contribution is 0.0730. The molecule has 0 aliphatic carbocycles. The number of H-pyrrole nitrogens is 1. The molecule has 1 N–H and O–H groups in total. The van der Waals surface area contributed by atoms with Crippen LogP contribution in [0.3, 0.4) is 0 Å². The summed E-state index contributed by atoms with van der Waals surface area (Å²) in [6.45, 7) is 0.689. The smallest absolute Gasteiger partial charge is 0.254 e. The molecule has 0 radical (unpaired) electrons. The number of likely N-dealkylation sites (tertiary alicyclic amines) is 1. The molecule has 1 saturated heterocycles. The first kappa shape index (κ1) is 16.7. The number of hydrogen-bond donors (Lipinski definition) is 1. The summed E-state index contributed by atoms with van der Waals surface area (Å²) < 4.78 is 15.5. The van der Waals surface area contributed by atoms with E-state index in [4.69, 9.17) is 0 Å². The van der Waals surface area contributed by atoms with Gasteiger partial charge >= 0.3 is 0 Å². The summed E-state index contributed by atoms with van der Waals surface area (Å²) in [5.74, 6) is 0.411. The lowest BCUT2D eigenvalue weighted by Gasteiger charge is -2.23. The fourth-order valence-electron chi connectivity index (χ4n) is 3.90. The van der Waals surface area contributed by atoms with Gasteiger partial charge in [0, 0.05) is 30.2 Å². The second kappa shape index (κ2) is 6.64. The molecule has 3 heterocycles. The molecule has 2 aromatic carbocycles. The zero-order valence-corrected chi connectivity index (χ0v) is 15.2. The molecular weight excluding hydrogens is 355 g/mol. The van der Waals surface area contributed by atoms with Crippen molar-refractivity contribution in [2.45, 2.75) is 18.9 Å². The number of carbonyl (C=O) groups is 1. The molecule has 1 unspecified atom stereocenters. The number of rotatable bonds is 3. The van der Waals surface area contributed by atoms with E-state index in [2.05, 4.69) is 9.97 Å². The number of amides is 1. The zero-order valence-electron chi connectivity index (χ0n) is 15.2. The van der Waals surface area contributed by atoms with Crippen LogP contribution in [0, 0.1) is 5.82 Å². The minimum atomic E-state index is -0.301. The molecular formula is C22H19FN4O. The number of benzene rings is 2. The first-order chi connectivity index (χ1) is 13.7. The summed E-state index contributed by atoms with van der Waals surface area (Å²) >= 11 is 0. The molecule has 0 spiro atoms. The molecule has 1 amide bonds. The van der Waals surface area contributed by atoms with E-state index in [1.54, 1.807) is 6.07 Å². The minimum absolute atomic E-state index is 0.00630. The van der Waals surface area contributed by atoms with Crippen LogP contribution in [0.2, 0.25) is 0 Å². The van der Waals surface area contributed by atoms with Crippen molar-refractivity contribution in [1.29, 1.82) is 0 Å². The first-order valence-electron chi connectivity index (χ1n) is 9.38. The molecule has 5 rings (SSSR count). The molecule has 1 aliphatic rings. The highest BCUT2D eigenvalue weighted by Crippen LogP contribution is 2.33. The highest BCUT2D eigenvalue weighted by Gasteiger charge is 2.32. The number of nitrogens with one attached hydrogen (secondary N) is 1. The number of fused-ring (bicyclic) bond motifs is 1. The van der Waals surface area contributed by atoms with Gasteiger partial charge in [0.25, 0.3) is 5.91 Å². The Hall–Kier alpha value is -3.41. The van der Waals surface area contributed by atoms with Crippen LogP contribution >= 0.6 is 0 Å². The SMILES string of the molecule is O=C(c1ccc(-n2cccc2)cc1)N1CCCC1c1nc2ccc(F)cc2[nH]1. The molecule has 0 saturated carbocycles. The van der Waals surface area contributed by atoms with Crippen molar-refractivity contribution in [2.24, 2.45) is 0 Å². The van der Waals surface area contributed by atoms with Gasteiger partial charge in [-0.3, -0.25) is 4.79 Å². The third-order valence-corrected chi connectivity index (χ3v) is 5.31. The average Bonchev–Trinajstić information content (AvgIpc) is 3.46. The lowest BCUT2D eigenvalue weighted by Crippen LogP contribution is -2.31. The maximum Gasteiger partial charge on any atom is 0.254 e. The molecule has 1 aliphatic heterocycles. The Balaban J connectivity index is 1.41. The van der Waals surface area contributed by atoms with Crippen molar-refractivity contribution in [3.63, 3.8) is 0 Å². The maximum absolute atomic E-state index is 13.5. The van der Waals surface area contributed by atoms with Gasteiger partial charge < -0.3 is 14.5 Å². The predicted molar refractivity (Wildman–Crippen MR) is 105 cm³/mol. The van der Waals surface area contributed by atoms with E-state index in [0.29, 0.717) is 23.1 Å². The van der Waals surface area contributed by atoms with E-state index in [0.717, 1.165) is 24.4 Å². The zero-order chi connectivity index (χ0) is 19.1. The molecule has 1 atom stereocenters. The highest BCUT2D eigenvalue weighted by atomic mass is 19.1. The largest absolute Gasteiger partial charge is 0.340 e. The van der Waals surface area contributed by atoms with Gasteiger partial charge in [-0.25, -0.2) is 9.37 Å². The van der Waals surface area contributed by atoms with Crippen LogP contribution in [0.5, 0.6) is 0 Å². The summed E-state index contributed by atoms with van der Waals surface area (Å²) in [6, 6.07) is 15.9. The monoisotopic (exact) mass is 374 g/mol. The summed E-state index contributed by atoms with van der Waals surface area (Å²) in [4.78, 5) is 22.8. The molecule has 5 nitrogen and oxygen atoms in total. The maximum atomic E-state index is 13.5. The van der Waals surface area contributed by atoms with Crippen molar-refractivity contribution >= 4 is 16.9 Å². The Morgan fingerprint density at radius 3 is 2.68 bits per heavy atom. The van der Waals surface area contributed by atoms with Gasteiger partial charge in [-0.1, -0.05) is 0 Å². The van der Waals surface area contributed by atoms with E-state index < -0.39 is 0 Å². The van der Waals surface area contributed by atoms with E-state index in [-0.39, 0.29) is 17.8 Å². The Morgan fingerprint density at radius 2 is 1.89 bits per heavy atom. The van der Waals surface area contributed by atoms with Gasteiger partial charge in [0.15, 0.2) is 0 Å². The molecule has 1 fully saturated rings. The van der Waals surface area contributed by atoms with Crippen molar-refractivity contribution in [3.05, 3.63) is 84.2 Å². The third kappa shape index (κ3) is 2.87. The lowest BCUT2D eigenvalue weighted by atomic mass is 10.1. The number of aromatic nitrogens is 3. The number of carbonyl (C=O) groups excluding carboxylic acids is 1. The molecule has 28 heavy (non-hydrogen) atoms. The van der Waals surface area contributed by atoms with Crippen LogP contribution in [0.4, 0.5) is 4.39 Å². The minimum Gasteiger partial charge on any atom is -0.340 e. The number of imidazole rings is 1. The van der Waals surface area contributed by atoms with Crippen molar-refractivity contribution < 1.29 is 9.18 Å². The van der Waals surface area contributed by atoms with Crippen LogP contribution < -0.4 is 0 Å². The van der Waals surface area contributed by atoms with Crippen LogP contribution in [-0.2, 0) is 0 Å². The normalized spacial score (nSPS) is 16.8. The quantitative estimate of drug-likeness (QED) is 0.575. The fraction of sp³-hybridized carbons (Fsp3) is 0.182. The fourth-order valence-corrected chi connectivity index (χ4v) is 3.90. The van der Waals surface area contributed by atoms with Gasteiger partial charge in [0.05, 0.1) is 17.1 Å². The summed E-state index contributed by atoms with van der Waals surface area (Å²) in [5, 5.41) is 0. The second-order valence-electron chi connectivity index (χ2n) is 7.08. The number of halogens is 1. The second-order valence-corrected chi connectivity index (χ2v) is 7.08.